The maximum Gasteiger partial charge on any atom is 0.131 e. The van der Waals surface area contributed by atoms with Gasteiger partial charge in [-0.2, -0.15) is 0 Å². The molecule has 0 spiro atoms. The molecule has 0 saturated heterocycles. The average molecular weight is 310 g/mol. The van der Waals surface area contributed by atoms with Crippen molar-refractivity contribution in [3.8, 4) is 16.9 Å². The third kappa shape index (κ3) is 3.18. The van der Waals surface area contributed by atoms with E-state index >= 15 is 0 Å². The number of rotatable bonds is 3. The second-order valence-electron chi connectivity index (χ2n) is 5.21. The lowest BCUT2D eigenvalue weighted by atomic mass is 10.1. The van der Waals surface area contributed by atoms with Crippen LogP contribution in [-0.4, -0.2) is 5.11 Å². The van der Waals surface area contributed by atoms with Crippen LogP contribution < -0.4 is 10.6 Å². The lowest BCUT2D eigenvalue weighted by Gasteiger charge is -2.09. The van der Waals surface area contributed by atoms with E-state index in [0.717, 1.165) is 22.0 Å². The number of phenolic OH excluding ortho intramolecular Hbond substituents is 1. The van der Waals surface area contributed by atoms with Crippen LogP contribution in [0.25, 0.3) is 11.1 Å². The molecule has 0 aliphatic rings. The Morgan fingerprint density at radius 3 is 2.32 bits per heavy atom. The molecule has 3 aromatic rings. The first-order valence-electron chi connectivity index (χ1n) is 7.05. The number of hydrogen-bond donors (Lipinski definition) is 1. The van der Waals surface area contributed by atoms with Crippen LogP contribution in [0.3, 0.4) is 0 Å². The van der Waals surface area contributed by atoms with Gasteiger partial charge in [-0.25, -0.2) is 4.39 Å². The molecule has 1 nitrogen and oxygen atoms in total. The molecule has 1 N–H and O–H groups in total. The highest BCUT2D eigenvalue weighted by Crippen LogP contribution is 2.26. The summed E-state index contributed by atoms with van der Waals surface area (Å²) in [5, 5.41) is 11.4. The molecule has 3 rings (SSSR count). The fourth-order valence-electron chi connectivity index (χ4n) is 2.31. The molecule has 1 unspecified atom stereocenters. The van der Waals surface area contributed by atoms with Crippen LogP contribution in [0.15, 0.2) is 66.7 Å². The monoisotopic (exact) mass is 310 g/mol. The molecular formula is C19H16FOP. The average Bonchev–Trinajstić information content (AvgIpc) is 2.53. The predicted octanol–water partition coefficient (Wildman–Crippen LogP) is 4.14. The molecule has 0 aromatic heterocycles. The number of aryl methyl sites for hydroxylation is 1. The fourth-order valence-corrected chi connectivity index (χ4v) is 3.40. The first kappa shape index (κ1) is 14.7. The van der Waals surface area contributed by atoms with Crippen LogP contribution in [0.2, 0.25) is 0 Å². The van der Waals surface area contributed by atoms with E-state index in [4.69, 9.17) is 0 Å². The highest BCUT2D eigenvalue weighted by molar-refractivity contribution is 7.55. The Labute approximate surface area is 131 Å². The fraction of sp³-hybridized carbons (Fsp3) is 0.0526. The van der Waals surface area contributed by atoms with E-state index in [1.54, 1.807) is 12.1 Å². The SMILES string of the molecule is Cc1ccc(Pc2cc(-c3ccccc3)ccc2O)c(F)c1. The summed E-state index contributed by atoms with van der Waals surface area (Å²) in [6, 6.07) is 20.7. The summed E-state index contributed by atoms with van der Waals surface area (Å²) in [6.45, 7) is 1.86. The second-order valence-corrected chi connectivity index (χ2v) is 6.53. The summed E-state index contributed by atoms with van der Waals surface area (Å²) in [4.78, 5) is 0. The Bertz CT molecular complexity index is 800. The lowest BCUT2D eigenvalue weighted by Crippen LogP contribution is -2.08. The van der Waals surface area contributed by atoms with Crippen molar-refractivity contribution in [1.29, 1.82) is 0 Å². The third-order valence-corrected chi connectivity index (χ3v) is 4.84. The van der Waals surface area contributed by atoms with Gasteiger partial charge in [0.15, 0.2) is 0 Å². The quantitative estimate of drug-likeness (QED) is 0.721. The van der Waals surface area contributed by atoms with Crippen LogP contribution >= 0.6 is 8.58 Å². The summed E-state index contributed by atoms with van der Waals surface area (Å²) in [5.74, 6) is -0.0131. The van der Waals surface area contributed by atoms with Crippen molar-refractivity contribution in [3.05, 3.63) is 78.1 Å². The van der Waals surface area contributed by atoms with Crippen LogP contribution in [0, 0.1) is 12.7 Å². The smallest absolute Gasteiger partial charge is 0.131 e. The van der Waals surface area contributed by atoms with Crippen molar-refractivity contribution in [2.24, 2.45) is 0 Å². The van der Waals surface area contributed by atoms with Gasteiger partial charge in [-0.1, -0.05) is 57.1 Å². The Balaban J connectivity index is 1.97. The Morgan fingerprint density at radius 2 is 1.59 bits per heavy atom. The maximum absolute atomic E-state index is 14.0. The maximum atomic E-state index is 14.0. The van der Waals surface area contributed by atoms with E-state index in [9.17, 15) is 9.50 Å². The summed E-state index contributed by atoms with van der Waals surface area (Å²) >= 11 is 0. The molecule has 0 bridgehead atoms. The lowest BCUT2D eigenvalue weighted by molar-refractivity contribution is 0.480. The van der Waals surface area contributed by atoms with Crippen molar-refractivity contribution in [1.82, 2.24) is 0 Å². The van der Waals surface area contributed by atoms with Crippen LogP contribution in [-0.2, 0) is 0 Å². The normalized spacial score (nSPS) is 11.2. The first-order chi connectivity index (χ1) is 10.6. The minimum absolute atomic E-state index is 0.0871. The molecule has 110 valence electrons. The molecule has 0 amide bonds. The molecule has 0 radical (unpaired) electrons. The summed E-state index contributed by atoms with van der Waals surface area (Å²) in [6.07, 6.45) is 0. The molecule has 22 heavy (non-hydrogen) atoms. The van der Waals surface area contributed by atoms with Crippen LogP contribution in [0.1, 0.15) is 5.56 Å². The number of hydrogen-bond acceptors (Lipinski definition) is 1. The van der Waals surface area contributed by atoms with Crippen LogP contribution in [0.4, 0.5) is 4.39 Å². The highest BCUT2D eigenvalue weighted by atomic mass is 31.1. The number of benzene rings is 3. The van der Waals surface area contributed by atoms with Gasteiger partial charge in [-0.3, -0.25) is 0 Å². The zero-order valence-corrected chi connectivity index (χ0v) is 13.2. The van der Waals surface area contributed by atoms with Crippen LogP contribution in [0.5, 0.6) is 5.75 Å². The Hall–Kier alpha value is -2.18. The van der Waals surface area contributed by atoms with Gasteiger partial charge in [0, 0.05) is 10.6 Å². The van der Waals surface area contributed by atoms with Gasteiger partial charge in [0.1, 0.15) is 11.6 Å². The predicted molar refractivity (Wildman–Crippen MR) is 92.3 cm³/mol. The summed E-state index contributed by atoms with van der Waals surface area (Å²) in [7, 11) is 0.0871. The van der Waals surface area contributed by atoms with Crippen molar-refractivity contribution >= 4 is 19.2 Å². The topological polar surface area (TPSA) is 20.2 Å². The molecule has 0 saturated carbocycles. The van der Waals surface area contributed by atoms with Crippen molar-refractivity contribution in [2.45, 2.75) is 6.92 Å². The van der Waals surface area contributed by atoms with Gasteiger partial charge >= 0.3 is 0 Å². The van der Waals surface area contributed by atoms with Gasteiger partial charge in [0.25, 0.3) is 0 Å². The molecule has 0 heterocycles. The molecule has 1 atom stereocenters. The van der Waals surface area contributed by atoms with E-state index in [1.807, 2.05) is 55.5 Å². The van der Waals surface area contributed by atoms with Crippen molar-refractivity contribution < 1.29 is 9.50 Å². The molecule has 3 aromatic carbocycles. The molecule has 3 heteroatoms. The highest BCUT2D eigenvalue weighted by Gasteiger charge is 2.09. The summed E-state index contributed by atoms with van der Waals surface area (Å²) < 4.78 is 14.0. The van der Waals surface area contributed by atoms with Crippen molar-refractivity contribution in [2.75, 3.05) is 0 Å². The number of phenols is 1. The van der Waals surface area contributed by atoms with Gasteiger partial charge in [0.05, 0.1) is 0 Å². The molecule has 0 aliphatic heterocycles. The minimum Gasteiger partial charge on any atom is -0.507 e. The van der Waals surface area contributed by atoms with Gasteiger partial charge in [-0.15, -0.1) is 0 Å². The first-order valence-corrected chi connectivity index (χ1v) is 8.05. The molecule has 0 aliphatic carbocycles. The zero-order chi connectivity index (χ0) is 15.5. The Kier molecular flexibility index (Phi) is 4.22. The van der Waals surface area contributed by atoms with E-state index in [0.29, 0.717) is 5.30 Å². The minimum atomic E-state index is -0.220. The summed E-state index contributed by atoms with van der Waals surface area (Å²) in [5.41, 5.74) is 3.00. The van der Waals surface area contributed by atoms with Gasteiger partial charge in [-0.05, 0) is 41.8 Å². The van der Waals surface area contributed by atoms with E-state index < -0.39 is 0 Å². The van der Waals surface area contributed by atoms with Gasteiger partial charge in [0.2, 0.25) is 0 Å². The standard InChI is InChI=1S/C19H16FOP/c1-13-7-10-18(16(20)11-13)22-19-12-15(8-9-17(19)21)14-5-3-2-4-6-14/h2-12,21-22H,1H3. The molecule has 0 fully saturated rings. The van der Waals surface area contributed by atoms with E-state index in [2.05, 4.69) is 0 Å². The largest absolute Gasteiger partial charge is 0.507 e. The van der Waals surface area contributed by atoms with Crippen molar-refractivity contribution in [3.63, 3.8) is 0 Å². The van der Waals surface area contributed by atoms with E-state index in [-0.39, 0.29) is 20.1 Å². The third-order valence-electron chi connectivity index (χ3n) is 3.50. The second kappa shape index (κ2) is 6.29. The zero-order valence-electron chi connectivity index (χ0n) is 12.2. The molecular weight excluding hydrogens is 294 g/mol. The van der Waals surface area contributed by atoms with Gasteiger partial charge < -0.3 is 5.11 Å². The number of aromatic hydroxyl groups is 1. The van der Waals surface area contributed by atoms with E-state index in [1.165, 1.54) is 6.07 Å². The Morgan fingerprint density at radius 1 is 0.818 bits per heavy atom. The number of halogens is 1.